The van der Waals surface area contributed by atoms with Gasteiger partial charge in [0.25, 0.3) is 0 Å². The molecule has 12 heavy (non-hydrogen) atoms. The maximum atomic E-state index is 10.6. The number of nitrogens with two attached hydrogens (primary N) is 1. The molecular formula is C7H7BrN2O2. The molecule has 1 rings (SSSR count). The lowest BCUT2D eigenvalue weighted by Crippen LogP contribution is -2.09. The number of rotatable bonds is 2. The van der Waals surface area contributed by atoms with Crippen LogP contribution < -0.4 is 11.3 Å². The van der Waals surface area contributed by atoms with E-state index in [1.165, 1.54) is 6.07 Å². The van der Waals surface area contributed by atoms with E-state index in [4.69, 9.17) is 10.9 Å². The van der Waals surface area contributed by atoms with Gasteiger partial charge < -0.3 is 10.5 Å². The lowest BCUT2D eigenvalue weighted by Gasteiger charge is -2.04. The first-order valence-electron chi connectivity index (χ1n) is 3.15. The fourth-order valence-corrected chi connectivity index (χ4v) is 1.36. The third-order valence-corrected chi connectivity index (χ3v) is 2.24. The Morgan fingerprint density at radius 2 is 2.25 bits per heavy atom. The standard InChI is InChI=1S/C7H7BrN2O2/c8-6-4(7(11)12)2-1-3-5(6)10-9/h1-3,10H,9H2,(H,11,12). The molecule has 0 aromatic heterocycles. The van der Waals surface area contributed by atoms with E-state index in [1.54, 1.807) is 12.1 Å². The Bertz CT molecular complexity index is 314. The van der Waals surface area contributed by atoms with Crippen LogP contribution in [0.4, 0.5) is 5.69 Å². The number of nitrogen functional groups attached to an aromatic ring is 1. The maximum Gasteiger partial charge on any atom is 0.336 e. The van der Waals surface area contributed by atoms with Gasteiger partial charge in [-0.3, -0.25) is 5.84 Å². The fourth-order valence-electron chi connectivity index (χ4n) is 0.809. The second kappa shape index (κ2) is 3.55. The Morgan fingerprint density at radius 3 is 2.75 bits per heavy atom. The molecule has 0 saturated carbocycles. The minimum absolute atomic E-state index is 0.186. The highest BCUT2D eigenvalue weighted by atomic mass is 79.9. The van der Waals surface area contributed by atoms with E-state index >= 15 is 0 Å². The molecule has 0 fully saturated rings. The second-order valence-corrected chi connectivity index (χ2v) is 2.91. The van der Waals surface area contributed by atoms with Gasteiger partial charge >= 0.3 is 5.97 Å². The Balaban J connectivity index is 3.23. The van der Waals surface area contributed by atoms with Crippen LogP contribution in [0.2, 0.25) is 0 Å². The molecule has 5 heteroatoms. The number of carbonyl (C=O) groups is 1. The van der Waals surface area contributed by atoms with Crippen LogP contribution in [0.1, 0.15) is 10.4 Å². The van der Waals surface area contributed by atoms with Crippen molar-refractivity contribution in [1.82, 2.24) is 0 Å². The van der Waals surface area contributed by atoms with Gasteiger partial charge in [0.2, 0.25) is 0 Å². The first-order valence-corrected chi connectivity index (χ1v) is 3.94. The summed E-state index contributed by atoms with van der Waals surface area (Å²) >= 11 is 3.12. The van der Waals surface area contributed by atoms with Gasteiger partial charge in [0.05, 0.1) is 15.7 Å². The predicted molar refractivity (Wildman–Crippen MR) is 48.9 cm³/mol. The zero-order chi connectivity index (χ0) is 9.14. The number of carboxylic acids is 1. The van der Waals surface area contributed by atoms with Crippen LogP contribution in [-0.2, 0) is 0 Å². The summed E-state index contributed by atoms with van der Waals surface area (Å²) in [5.41, 5.74) is 3.12. The highest BCUT2D eigenvalue weighted by Crippen LogP contribution is 2.25. The average molecular weight is 231 g/mol. The van der Waals surface area contributed by atoms with Crippen molar-refractivity contribution in [3.05, 3.63) is 28.2 Å². The van der Waals surface area contributed by atoms with Gasteiger partial charge in [-0.15, -0.1) is 0 Å². The molecule has 4 nitrogen and oxygen atoms in total. The number of carboxylic acid groups (broad SMARTS) is 1. The van der Waals surface area contributed by atoms with Crippen LogP contribution in [-0.4, -0.2) is 11.1 Å². The SMILES string of the molecule is NNc1cccc(C(=O)O)c1Br. The van der Waals surface area contributed by atoms with Crippen molar-refractivity contribution in [1.29, 1.82) is 0 Å². The monoisotopic (exact) mass is 230 g/mol. The van der Waals surface area contributed by atoms with Crippen molar-refractivity contribution >= 4 is 27.6 Å². The van der Waals surface area contributed by atoms with Crippen molar-refractivity contribution in [2.24, 2.45) is 5.84 Å². The van der Waals surface area contributed by atoms with Crippen LogP contribution >= 0.6 is 15.9 Å². The fraction of sp³-hybridized carbons (Fsp3) is 0. The van der Waals surface area contributed by atoms with Crippen molar-refractivity contribution in [3.8, 4) is 0 Å². The molecule has 0 aliphatic carbocycles. The molecule has 0 amide bonds. The van der Waals surface area contributed by atoms with Crippen molar-refractivity contribution in [2.75, 3.05) is 5.43 Å². The van der Waals surface area contributed by atoms with Gasteiger partial charge in [-0.2, -0.15) is 0 Å². The van der Waals surface area contributed by atoms with Gasteiger partial charge in [0.1, 0.15) is 0 Å². The topological polar surface area (TPSA) is 75.3 Å². The van der Waals surface area contributed by atoms with Crippen molar-refractivity contribution in [3.63, 3.8) is 0 Å². The summed E-state index contributed by atoms with van der Waals surface area (Å²) in [6.45, 7) is 0. The number of hydrogen-bond donors (Lipinski definition) is 3. The number of benzene rings is 1. The van der Waals surface area contributed by atoms with Crippen LogP contribution in [0.3, 0.4) is 0 Å². The Labute approximate surface area is 77.5 Å². The summed E-state index contributed by atoms with van der Waals surface area (Å²) in [5, 5.41) is 8.69. The molecule has 0 atom stereocenters. The lowest BCUT2D eigenvalue weighted by atomic mass is 10.2. The third-order valence-electron chi connectivity index (χ3n) is 1.38. The number of aromatic carboxylic acids is 1. The highest BCUT2D eigenvalue weighted by molar-refractivity contribution is 9.10. The largest absolute Gasteiger partial charge is 0.478 e. The molecule has 0 bridgehead atoms. The van der Waals surface area contributed by atoms with E-state index in [-0.39, 0.29) is 5.56 Å². The summed E-state index contributed by atoms with van der Waals surface area (Å²) in [5.74, 6) is 4.16. The summed E-state index contributed by atoms with van der Waals surface area (Å²) in [7, 11) is 0. The van der Waals surface area contributed by atoms with Gasteiger partial charge in [-0.25, -0.2) is 4.79 Å². The van der Waals surface area contributed by atoms with E-state index in [2.05, 4.69) is 21.4 Å². The first kappa shape index (κ1) is 9.02. The van der Waals surface area contributed by atoms with Crippen molar-refractivity contribution in [2.45, 2.75) is 0 Å². The number of nitrogens with one attached hydrogen (secondary N) is 1. The number of anilines is 1. The number of halogens is 1. The summed E-state index contributed by atoms with van der Waals surface area (Å²) in [6, 6.07) is 4.78. The molecule has 0 radical (unpaired) electrons. The van der Waals surface area contributed by atoms with Crippen molar-refractivity contribution < 1.29 is 9.90 Å². The van der Waals surface area contributed by atoms with E-state index in [0.717, 1.165) is 0 Å². The molecule has 4 N–H and O–H groups in total. The molecule has 0 unspecified atom stereocenters. The zero-order valence-electron chi connectivity index (χ0n) is 6.04. The van der Waals surface area contributed by atoms with Crippen LogP contribution in [0, 0.1) is 0 Å². The van der Waals surface area contributed by atoms with E-state index in [9.17, 15) is 4.79 Å². The molecule has 0 spiro atoms. The summed E-state index contributed by atoms with van der Waals surface area (Å²) in [4.78, 5) is 10.6. The van der Waals surface area contributed by atoms with Gasteiger partial charge in [0, 0.05) is 0 Å². The molecule has 0 aliphatic heterocycles. The van der Waals surface area contributed by atoms with Gasteiger partial charge in [-0.05, 0) is 28.1 Å². The maximum absolute atomic E-state index is 10.6. The average Bonchev–Trinajstić information content (AvgIpc) is 2.04. The summed E-state index contributed by atoms with van der Waals surface area (Å²) < 4.78 is 0.458. The third kappa shape index (κ3) is 1.57. The summed E-state index contributed by atoms with van der Waals surface area (Å²) in [6.07, 6.45) is 0. The Hall–Kier alpha value is -1.07. The molecule has 1 aromatic carbocycles. The van der Waals surface area contributed by atoms with Crippen LogP contribution in [0.25, 0.3) is 0 Å². The molecular weight excluding hydrogens is 224 g/mol. The smallest absolute Gasteiger partial charge is 0.336 e. The molecule has 0 aliphatic rings. The second-order valence-electron chi connectivity index (χ2n) is 2.12. The minimum Gasteiger partial charge on any atom is -0.478 e. The number of hydrogen-bond acceptors (Lipinski definition) is 3. The first-order chi connectivity index (χ1) is 5.66. The van der Waals surface area contributed by atoms with E-state index < -0.39 is 5.97 Å². The minimum atomic E-state index is -0.987. The van der Waals surface area contributed by atoms with Gasteiger partial charge in [-0.1, -0.05) is 6.07 Å². The van der Waals surface area contributed by atoms with Crippen LogP contribution in [0.15, 0.2) is 22.7 Å². The molecule has 0 saturated heterocycles. The Kier molecular flexibility index (Phi) is 2.67. The van der Waals surface area contributed by atoms with E-state index in [0.29, 0.717) is 10.2 Å². The highest BCUT2D eigenvalue weighted by Gasteiger charge is 2.09. The van der Waals surface area contributed by atoms with E-state index in [1.807, 2.05) is 0 Å². The molecule has 64 valence electrons. The lowest BCUT2D eigenvalue weighted by molar-refractivity contribution is 0.0696. The predicted octanol–water partition coefficient (Wildman–Crippen LogP) is 1.43. The normalized spacial score (nSPS) is 9.50. The zero-order valence-corrected chi connectivity index (χ0v) is 7.63. The molecule has 0 heterocycles. The Morgan fingerprint density at radius 1 is 1.58 bits per heavy atom. The van der Waals surface area contributed by atoms with Crippen LogP contribution in [0.5, 0.6) is 0 Å². The molecule has 1 aromatic rings. The number of hydrazine groups is 1. The quantitative estimate of drug-likeness (QED) is 0.531. The van der Waals surface area contributed by atoms with Gasteiger partial charge in [0.15, 0.2) is 0 Å².